The lowest BCUT2D eigenvalue weighted by atomic mass is 9.72. The van der Waals surface area contributed by atoms with Gasteiger partial charge in [0.1, 0.15) is 5.75 Å². The summed E-state index contributed by atoms with van der Waals surface area (Å²) in [5.41, 5.74) is 2.26. The highest BCUT2D eigenvalue weighted by molar-refractivity contribution is 5.84. The van der Waals surface area contributed by atoms with Crippen LogP contribution in [0.15, 0.2) is 30.5 Å². The zero-order valence-corrected chi connectivity index (χ0v) is 16.1. The highest BCUT2D eigenvalue weighted by atomic mass is 16.5. The van der Waals surface area contributed by atoms with Crippen LogP contribution in [0.4, 0.5) is 0 Å². The molecule has 5 rings (SSSR count). The van der Waals surface area contributed by atoms with Gasteiger partial charge < -0.3 is 9.47 Å². The van der Waals surface area contributed by atoms with Crippen molar-refractivity contribution in [3.8, 4) is 5.75 Å². The monoisotopic (exact) mass is 354 g/mol. The summed E-state index contributed by atoms with van der Waals surface area (Å²) in [6.45, 7) is 7.60. The second kappa shape index (κ2) is 7.53. The van der Waals surface area contributed by atoms with E-state index >= 15 is 0 Å². The molecule has 0 aliphatic carbocycles. The first-order valence-electron chi connectivity index (χ1n) is 10.0. The van der Waals surface area contributed by atoms with Crippen molar-refractivity contribution >= 4 is 10.9 Å². The summed E-state index contributed by atoms with van der Waals surface area (Å²) in [6, 6.07) is 8.74. The Kier molecular flexibility index (Phi) is 5.14. The zero-order chi connectivity index (χ0) is 18.1. The molecule has 4 nitrogen and oxygen atoms in total. The minimum atomic E-state index is 0.0956. The molecule has 1 aromatic heterocycles. The zero-order valence-electron chi connectivity index (χ0n) is 16.1. The molecule has 0 N–H and O–H groups in total. The average Bonchev–Trinajstić information content (AvgIpc) is 2.71. The lowest BCUT2D eigenvalue weighted by Gasteiger charge is -2.52. The third kappa shape index (κ3) is 3.10. The maximum atomic E-state index is 6.36. The molecule has 3 aliphatic rings. The van der Waals surface area contributed by atoms with Gasteiger partial charge in [0.2, 0.25) is 0 Å². The van der Waals surface area contributed by atoms with Crippen LogP contribution in [0.2, 0.25) is 0 Å². The summed E-state index contributed by atoms with van der Waals surface area (Å²) in [6.07, 6.45) is 5.90. The number of hydrogen-bond acceptors (Lipinski definition) is 4. The first kappa shape index (κ1) is 17.7. The van der Waals surface area contributed by atoms with E-state index in [1.807, 2.05) is 18.3 Å². The van der Waals surface area contributed by atoms with E-state index in [-0.39, 0.29) is 6.10 Å². The quantitative estimate of drug-likeness (QED) is 0.768. The highest BCUT2D eigenvalue weighted by Gasteiger charge is 2.43. The van der Waals surface area contributed by atoms with Crippen LogP contribution >= 0.6 is 0 Å². The number of fused-ring (bicyclic) bond motifs is 4. The predicted octanol–water partition coefficient (Wildman–Crippen LogP) is 4.44. The molecule has 3 aliphatic heterocycles. The molecule has 4 heterocycles. The van der Waals surface area contributed by atoms with Crippen LogP contribution in [0.3, 0.4) is 0 Å². The van der Waals surface area contributed by atoms with Gasteiger partial charge in [-0.1, -0.05) is 13.3 Å². The Morgan fingerprint density at radius 2 is 2.15 bits per heavy atom. The van der Waals surface area contributed by atoms with Gasteiger partial charge in [-0.05, 0) is 68.0 Å². The molecule has 4 unspecified atom stereocenters. The molecule has 1 aromatic carbocycles. The molecular formula is C22H30N2O2. The van der Waals surface area contributed by atoms with E-state index in [9.17, 15) is 0 Å². The fourth-order valence-corrected chi connectivity index (χ4v) is 5.07. The topological polar surface area (TPSA) is 34.6 Å². The Morgan fingerprint density at radius 3 is 2.85 bits per heavy atom. The van der Waals surface area contributed by atoms with Crippen LogP contribution in [0, 0.1) is 11.8 Å². The number of rotatable bonds is 6. The Balaban J connectivity index is 1.72. The van der Waals surface area contributed by atoms with Gasteiger partial charge in [0.25, 0.3) is 0 Å². The molecule has 3 saturated heterocycles. The van der Waals surface area contributed by atoms with Crippen molar-refractivity contribution in [2.45, 2.75) is 45.3 Å². The van der Waals surface area contributed by atoms with Crippen molar-refractivity contribution in [1.82, 2.24) is 9.88 Å². The Bertz CT molecular complexity index is 763. The van der Waals surface area contributed by atoms with Gasteiger partial charge in [-0.25, -0.2) is 0 Å². The van der Waals surface area contributed by atoms with Crippen molar-refractivity contribution in [1.29, 1.82) is 0 Å². The number of aromatic nitrogens is 1. The molecule has 2 bridgehead atoms. The maximum absolute atomic E-state index is 6.36. The molecule has 26 heavy (non-hydrogen) atoms. The van der Waals surface area contributed by atoms with Crippen LogP contribution in [0.1, 0.15) is 44.8 Å². The van der Waals surface area contributed by atoms with E-state index in [0.29, 0.717) is 6.04 Å². The Labute approximate surface area is 156 Å². The number of ether oxygens (including phenoxy) is 2. The Morgan fingerprint density at radius 1 is 1.27 bits per heavy atom. The van der Waals surface area contributed by atoms with Gasteiger partial charge in [-0.2, -0.15) is 0 Å². The van der Waals surface area contributed by atoms with E-state index in [1.165, 1.54) is 37.9 Å². The molecule has 3 fully saturated rings. The summed E-state index contributed by atoms with van der Waals surface area (Å²) in [5.74, 6) is 2.58. The summed E-state index contributed by atoms with van der Waals surface area (Å²) in [5, 5.41) is 1.15. The fraction of sp³-hybridized carbons (Fsp3) is 0.591. The van der Waals surface area contributed by atoms with Gasteiger partial charge in [0, 0.05) is 30.8 Å². The molecule has 140 valence electrons. The first-order chi connectivity index (χ1) is 12.7. The number of benzene rings is 1. The summed E-state index contributed by atoms with van der Waals surface area (Å²) < 4.78 is 11.8. The van der Waals surface area contributed by atoms with E-state index in [2.05, 4.69) is 35.9 Å². The first-order valence-corrected chi connectivity index (χ1v) is 10.0. The number of methoxy groups -OCH3 is 1. The maximum Gasteiger partial charge on any atom is 0.119 e. The van der Waals surface area contributed by atoms with E-state index in [0.717, 1.165) is 35.1 Å². The summed E-state index contributed by atoms with van der Waals surface area (Å²) in [4.78, 5) is 7.23. The minimum absolute atomic E-state index is 0.0956. The highest BCUT2D eigenvalue weighted by Crippen LogP contribution is 2.44. The fourth-order valence-electron chi connectivity index (χ4n) is 5.07. The van der Waals surface area contributed by atoms with E-state index in [1.54, 1.807) is 7.11 Å². The van der Waals surface area contributed by atoms with Crippen LogP contribution in [-0.4, -0.2) is 42.7 Å². The second-order valence-electron chi connectivity index (χ2n) is 7.67. The van der Waals surface area contributed by atoms with Crippen molar-refractivity contribution in [2.75, 3.05) is 26.8 Å². The van der Waals surface area contributed by atoms with E-state index in [4.69, 9.17) is 9.47 Å². The lowest BCUT2D eigenvalue weighted by Crippen LogP contribution is -2.55. The molecule has 4 heteroatoms. The molecule has 0 amide bonds. The van der Waals surface area contributed by atoms with Crippen LogP contribution in [0.5, 0.6) is 5.75 Å². The molecule has 0 spiro atoms. The molecule has 0 saturated carbocycles. The minimum Gasteiger partial charge on any atom is -0.497 e. The van der Waals surface area contributed by atoms with Gasteiger partial charge in [-0.15, -0.1) is 0 Å². The van der Waals surface area contributed by atoms with Crippen LogP contribution < -0.4 is 4.74 Å². The smallest absolute Gasteiger partial charge is 0.119 e. The van der Waals surface area contributed by atoms with Gasteiger partial charge >= 0.3 is 0 Å². The summed E-state index contributed by atoms with van der Waals surface area (Å²) >= 11 is 0. The molecule has 5 atom stereocenters. The van der Waals surface area contributed by atoms with Crippen molar-refractivity contribution in [2.24, 2.45) is 11.8 Å². The number of pyridine rings is 1. The molecule has 0 radical (unpaired) electrons. The van der Waals surface area contributed by atoms with Gasteiger partial charge in [0.15, 0.2) is 0 Å². The average molecular weight is 354 g/mol. The van der Waals surface area contributed by atoms with Crippen LogP contribution in [0.25, 0.3) is 10.9 Å². The normalized spacial score (nSPS) is 29.0. The third-order valence-corrected chi connectivity index (χ3v) is 6.45. The number of piperidine rings is 3. The third-order valence-electron chi connectivity index (χ3n) is 6.45. The standard InChI is InChI=1S/C22H30N2O2/c1-4-15-14-24-11-9-16(15)12-21(24)22(26-5-2)18-8-10-23-20-7-6-17(25-3)13-19(18)20/h6-8,10,13,15-16,21-22H,4-5,9,11-12,14H2,1-3H3/t15?,16?,21?,22-/m1/s1. The summed E-state index contributed by atoms with van der Waals surface area (Å²) in [7, 11) is 1.72. The molecular weight excluding hydrogens is 324 g/mol. The SMILES string of the molecule is CCO[C@H](c1ccnc2ccc(OC)cc12)C1CC2CCN1CC2CC. The number of nitrogens with zero attached hydrogens (tertiary/aromatic N) is 2. The largest absolute Gasteiger partial charge is 0.497 e. The number of hydrogen-bond donors (Lipinski definition) is 0. The van der Waals surface area contributed by atoms with Crippen molar-refractivity contribution in [3.63, 3.8) is 0 Å². The van der Waals surface area contributed by atoms with Crippen molar-refractivity contribution in [3.05, 3.63) is 36.0 Å². The second-order valence-corrected chi connectivity index (χ2v) is 7.67. The van der Waals surface area contributed by atoms with Gasteiger partial charge in [0.05, 0.1) is 18.7 Å². The molecule has 2 aromatic rings. The van der Waals surface area contributed by atoms with Crippen LogP contribution in [-0.2, 0) is 4.74 Å². The van der Waals surface area contributed by atoms with Crippen molar-refractivity contribution < 1.29 is 9.47 Å². The lowest BCUT2D eigenvalue weighted by molar-refractivity contribution is -0.0803. The predicted molar refractivity (Wildman–Crippen MR) is 105 cm³/mol. The van der Waals surface area contributed by atoms with E-state index < -0.39 is 0 Å². The Hall–Kier alpha value is -1.65. The van der Waals surface area contributed by atoms with Gasteiger partial charge in [-0.3, -0.25) is 9.88 Å².